The van der Waals surface area contributed by atoms with Crippen LogP contribution in [-0.2, 0) is 0 Å². The quantitative estimate of drug-likeness (QED) is 0.876. The Bertz CT molecular complexity index is 476. The Balaban J connectivity index is 2.32. The number of nitrogens with one attached hydrogen (secondary N) is 1. The molecule has 1 heterocycles. The maximum absolute atomic E-state index is 12.0. The number of rotatable bonds is 4. The highest BCUT2D eigenvalue weighted by Crippen LogP contribution is 2.29. The van der Waals surface area contributed by atoms with Crippen molar-refractivity contribution in [3.05, 3.63) is 47.2 Å². The molecular weight excluding hydrogens is 236 g/mol. The summed E-state index contributed by atoms with van der Waals surface area (Å²) in [6.45, 7) is 6.94. The molecule has 0 aliphatic carbocycles. The van der Waals surface area contributed by atoms with Crippen LogP contribution in [0.1, 0.15) is 43.9 Å². The van der Waals surface area contributed by atoms with Crippen LogP contribution in [0.4, 0.5) is 4.79 Å². The maximum atomic E-state index is 12.0. The molecule has 0 bridgehead atoms. The molecule has 0 spiro atoms. The summed E-state index contributed by atoms with van der Waals surface area (Å²) in [5.41, 5.74) is 3.68. The fourth-order valence-electron chi connectivity index (χ4n) is 2.42. The van der Waals surface area contributed by atoms with Crippen molar-refractivity contribution in [3.8, 4) is 0 Å². The van der Waals surface area contributed by atoms with E-state index in [1.54, 1.807) is 4.90 Å². The van der Waals surface area contributed by atoms with Gasteiger partial charge in [-0.1, -0.05) is 43.2 Å². The molecule has 2 rings (SSSR count). The van der Waals surface area contributed by atoms with Crippen molar-refractivity contribution in [2.75, 3.05) is 6.54 Å². The van der Waals surface area contributed by atoms with Gasteiger partial charge in [-0.2, -0.15) is 0 Å². The molecule has 0 radical (unpaired) electrons. The molecule has 3 heteroatoms. The molecule has 1 atom stereocenters. The molecule has 1 unspecified atom stereocenters. The summed E-state index contributed by atoms with van der Waals surface area (Å²) >= 11 is 0. The van der Waals surface area contributed by atoms with Crippen molar-refractivity contribution in [2.45, 2.75) is 39.7 Å². The summed E-state index contributed by atoms with van der Waals surface area (Å²) in [5, 5.41) is 3.11. The Morgan fingerprint density at radius 2 is 1.89 bits per heavy atom. The van der Waals surface area contributed by atoms with Gasteiger partial charge in [-0.3, -0.25) is 0 Å². The van der Waals surface area contributed by atoms with Crippen molar-refractivity contribution < 1.29 is 4.79 Å². The molecular formula is C16H22N2O. The summed E-state index contributed by atoms with van der Waals surface area (Å²) in [6, 6.07) is 8.41. The zero-order chi connectivity index (χ0) is 13.8. The normalized spacial score (nSPS) is 19.1. The molecule has 1 aliphatic rings. The van der Waals surface area contributed by atoms with Crippen LogP contribution in [0.25, 0.3) is 0 Å². The Kier molecular flexibility index (Phi) is 4.25. The van der Waals surface area contributed by atoms with Gasteiger partial charge in [-0.05, 0) is 31.4 Å². The van der Waals surface area contributed by atoms with Crippen molar-refractivity contribution in [2.24, 2.45) is 0 Å². The molecule has 102 valence electrons. The highest BCUT2D eigenvalue weighted by molar-refractivity contribution is 5.78. The number of urea groups is 1. The third-order valence-electron chi connectivity index (χ3n) is 3.51. The van der Waals surface area contributed by atoms with Crippen LogP contribution in [0, 0.1) is 6.92 Å². The van der Waals surface area contributed by atoms with Crippen LogP contribution in [0.15, 0.2) is 36.0 Å². The maximum Gasteiger partial charge on any atom is 0.322 e. The van der Waals surface area contributed by atoms with Crippen LogP contribution in [0.5, 0.6) is 0 Å². The molecule has 1 aromatic carbocycles. The lowest BCUT2D eigenvalue weighted by atomic mass is 9.94. The van der Waals surface area contributed by atoms with Crippen LogP contribution in [0.2, 0.25) is 0 Å². The number of aryl methyl sites for hydroxylation is 1. The minimum atomic E-state index is -0.00655. The number of hydrogen-bond acceptors (Lipinski definition) is 1. The third kappa shape index (κ3) is 2.98. The lowest BCUT2D eigenvalue weighted by Crippen LogP contribution is -2.43. The number of hydrogen-bond donors (Lipinski definition) is 1. The van der Waals surface area contributed by atoms with E-state index in [9.17, 15) is 4.79 Å². The Hall–Kier alpha value is -1.77. The Morgan fingerprint density at radius 3 is 2.47 bits per heavy atom. The van der Waals surface area contributed by atoms with Gasteiger partial charge in [0.2, 0.25) is 0 Å². The number of carbonyl (C=O) groups excluding carboxylic acids is 1. The van der Waals surface area contributed by atoms with Gasteiger partial charge in [-0.25, -0.2) is 4.79 Å². The molecule has 0 aromatic heterocycles. The van der Waals surface area contributed by atoms with Crippen molar-refractivity contribution in [3.63, 3.8) is 0 Å². The largest absolute Gasteiger partial charge is 0.327 e. The summed E-state index contributed by atoms with van der Waals surface area (Å²) in [5.74, 6) is 0. The van der Waals surface area contributed by atoms with Crippen LogP contribution in [0.3, 0.4) is 0 Å². The molecule has 0 fully saturated rings. The average Bonchev–Trinajstić information content (AvgIpc) is 2.41. The average molecular weight is 258 g/mol. The van der Waals surface area contributed by atoms with Gasteiger partial charge in [0.05, 0.1) is 6.04 Å². The van der Waals surface area contributed by atoms with Gasteiger partial charge >= 0.3 is 6.03 Å². The SMILES string of the molecule is CCCC1=CN(CC)C(=O)NC1c1ccc(C)cc1. The van der Waals surface area contributed by atoms with E-state index in [4.69, 9.17) is 0 Å². The number of benzene rings is 1. The number of amides is 2. The van der Waals surface area contributed by atoms with Gasteiger partial charge in [0.25, 0.3) is 0 Å². The molecule has 3 nitrogen and oxygen atoms in total. The van der Waals surface area contributed by atoms with Crippen molar-refractivity contribution in [1.29, 1.82) is 0 Å². The Morgan fingerprint density at radius 1 is 1.21 bits per heavy atom. The summed E-state index contributed by atoms with van der Waals surface area (Å²) in [4.78, 5) is 13.7. The van der Waals surface area contributed by atoms with E-state index >= 15 is 0 Å². The van der Waals surface area contributed by atoms with Gasteiger partial charge in [0.1, 0.15) is 0 Å². The van der Waals surface area contributed by atoms with Gasteiger partial charge in [-0.15, -0.1) is 0 Å². The minimum Gasteiger partial charge on any atom is -0.327 e. The highest BCUT2D eigenvalue weighted by atomic mass is 16.2. The molecule has 1 N–H and O–H groups in total. The van der Waals surface area contributed by atoms with Crippen LogP contribution < -0.4 is 5.32 Å². The van der Waals surface area contributed by atoms with E-state index in [2.05, 4.69) is 43.4 Å². The highest BCUT2D eigenvalue weighted by Gasteiger charge is 2.26. The number of nitrogens with zero attached hydrogens (tertiary/aromatic N) is 1. The lowest BCUT2D eigenvalue weighted by Gasteiger charge is -2.32. The zero-order valence-electron chi connectivity index (χ0n) is 11.9. The van der Waals surface area contributed by atoms with Crippen LogP contribution in [-0.4, -0.2) is 17.5 Å². The second-order valence-corrected chi connectivity index (χ2v) is 5.03. The van der Waals surface area contributed by atoms with E-state index in [-0.39, 0.29) is 12.1 Å². The lowest BCUT2D eigenvalue weighted by molar-refractivity contribution is 0.209. The molecule has 0 saturated heterocycles. The topological polar surface area (TPSA) is 32.3 Å². The smallest absolute Gasteiger partial charge is 0.322 e. The first-order chi connectivity index (χ1) is 9.15. The summed E-state index contributed by atoms with van der Waals surface area (Å²) in [7, 11) is 0. The second kappa shape index (κ2) is 5.91. The molecule has 2 amide bonds. The summed E-state index contributed by atoms with van der Waals surface area (Å²) in [6.07, 6.45) is 4.11. The standard InChI is InChI=1S/C16H22N2O/c1-4-6-14-11-18(5-2)16(19)17-15(14)13-9-7-12(3)8-10-13/h7-11,15H,4-6H2,1-3H3,(H,17,19). The molecule has 0 saturated carbocycles. The Labute approximate surface area is 115 Å². The minimum absolute atomic E-state index is 0.00655. The molecule has 19 heavy (non-hydrogen) atoms. The van der Waals surface area contributed by atoms with E-state index < -0.39 is 0 Å². The van der Waals surface area contributed by atoms with E-state index in [1.807, 2.05) is 13.1 Å². The van der Waals surface area contributed by atoms with E-state index in [0.29, 0.717) is 6.54 Å². The molecule has 1 aromatic rings. The predicted octanol–water partition coefficient (Wildman–Crippen LogP) is 3.77. The van der Waals surface area contributed by atoms with Gasteiger partial charge in [0.15, 0.2) is 0 Å². The first-order valence-corrected chi connectivity index (χ1v) is 7.00. The second-order valence-electron chi connectivity index (χ2n) is 5.03. The molecule has 1 aliphatic heterocycles. The fourth-order valence-corrected chi connectivity index (χ4v) is 2.42. The third-order valence-corrected chi connectivity index (χ3v) is 3.51. The number of carbonyl (C=O) groups is 1. The monoisotopic (exact) mass is 258 g/mol. The zero-order valence-corrected chi connectivity index (χ0v) is 11.9. The van der Waals surface area contributed by atoms with Crippen molar-refractivity contribution >= 4 is 6.03 Å². The van der Waals surface area contributed by atoms with Gasteiger partial charge < -0.3 is 10.2 Å². The van der Waals surface area contributed by atoms with Gasteiger partial charge in [0, 0.05) is 12.7 Å². The van der Waals surface area contributed by atoms with Crippen molar-refractivity contribution in [1.82, 2.24) is 10.2 Å². The first-order valence-electron chi connectivity index (χ1n) is 7.00. The van der Waals surface area contributed by atoms with E-state index in [1.165, 1.54) is 11.1 Å². The summed E-state index contributed by atoms with van der Waals surface area (Å²) < 4.78 is 0. The first kappa shape index (κ1) is 13.7. The fraction of sp³-hybridized carbons (Fsp3) is 0.438. The predicted molar refractivity (Wildman–Crippen MR) is 77.8 cm³/mol. The van der Waals surface area contributed by atoms with Crippen LogP contribution >= 0.6 is 0 Å². The van der Waals surface area contributed by atoms with E-state index in [0.717, 1.165) is 18.4 Å².